The molecule has 0 radical (unpaired) electrons. The second kappa shape index (κ2) is 6.10. The number of aromatic nitrogens is 2. The molecular formula is C16H23N3O3. The minimum Gasteiger partial charge on any atom is -0.481 e. The Balaban J connectivity index is 1.81. The molecule has 6 heteroatoms. The number of likely N-dealkylation sites (tertiary alicyclic amines) is 1. The van der Waals surface area contributed by atoms with Gasteiger partial charge in [0.1, 0.15) is 0 Å². The molecule has 1 unspecified atom stereocenters. The molecule has 1 aliphatic heterocycles. The van der Waals surface area contributed by atoms with Crippen LogP contribution >= 0.6 is 0 Å². The first kappa shape index (κ1) is 15.1. The van der Waals surface area contributed by atoms with Crippen LogP contribution in [-0.4, -0.2) is 44.8 Å². The number of carbonyl (C=O) groups excluding carboxylic acids is 1. The Labute approximate surface area is 130 Å². The highest BCUT2D eigenvalue weighted by molar-refractivity contribution is 5.95. The molecule has 6 nitrogen and oxygen atoms in total. The molecule has 0 spiro atoms. The van der Waals surface area contributed by atoms with Crippen molar-refractivity contribution in [1.82, 2.24) is 14.7 Å². The Morgan fingerprint density at radius 1 is 1.36 bits per heavy atom. The van der Waals surface area contributed by atoms with Crippen molar-refractivity contribution in [2.24, 2.45) is 5.92 Å². The quantitative estimate of drug-likeness (QED) is 0.904. The van der Waals surface area contributed by atoms with Crippen LogP contribution in [0.2, 0.25) is 0 Å². The van der Waals surface area contributed by atoms with E-state index in [0.717, 1.165) is 37.9 Å². The minimum atomic E-state index is -0.804. The zero-order valence-electron chi connectivity index (χ0n) is 13.0. The Morgan fingerprint density at radius 2 is 2.14 bits per heavy atom. The third-order valence-electron chi connectivity index (χ3n) is 4.57. The standard InChI is InChI=1S/C16H23N3O3/c1-2-7-19-14(11-5-6-11)13(9-17-19)15(20)18-8-3-4-12(10-18)16(21)22/h9,11-12H,2-8,10H2,1H3,(H,21,22). The van der Waals surface area contributed by atoms with Gasteiger partial charge in [0.2, 0.25) is 0 Å². The van der Waals surface area contributed by atoms with Gasteiger partial charge in [0.15, 0.2) is 0 Å². The first-order chi connectivity index (χ1) is 10.6. The van der Waals surface area contributed by atoms with Gasteiger partial charge in [0, 0.05) is 25.6 Å². The van der Waals surface area contributed by atoms with Gasteiger partial charge in [-0.1, -0.05) is 6.92 Å². The van der Waals surface area contributed by atoms with Crippen molar-refractivity contribution in [3.8, 4) is 0 Å². The van der Waals surface area contributed by atoms with E-state index in [4.69, 9.17) is 0 Å². The monoisotopic (exact) mass is 305 g/mol. The van der Waals surface area contributed by atoms with Crippen LogP contribution in [0.4, 0.5) is 0 Å². The van der Waals surface area contributed by atoms with E-state index in [1.807, 2.05) is 4.68 Å². The number of carboxylic acid groups (broad SMARTS) is 1. The third kappa shape index (κ3) is 2.87. The fraction of sp³-hybridized carbons (Fsp3) is 0.688. The first-order valence-electron chi connectivity index (χ1n) is 8.19. The molecule has 1 saturated heterocycles. The Kier molecular flexibility index (Phi) is 4.18. The number of nitrogens with zero attached hydrogens (tertiary/aromatic N) is 3. The highest BCUT2D eigenvalue weighted by Gasteiger charge is 2.35. The second-order valence-corrected chi connectivity index (χ2v) is 6.37. The number of hydrogen-bond acceptors (Lipinski definition) is 3. The van der Waals surface area contributed by atoms with E-state index in [0.29, 0.717) is 31.0 Å². The molecule has 2 fully saturated rings. The van der Waals surface area contributed by atoms with Crippen molar-refractivity contribution in [3.63, 3.8) is 0 Å². The first-order valence-corrected chi connectivity index (χ1v) is 8.19. The number of carboxylic acids is 1. The van der Waals surface area contributed by atoms with Gasteiger partial charge in [-0.3, -0.25) is 14.3 Å². The Morgan fingerprint density at radius 3 is 2.77 bits per heavy atom. The average Bonchev–Trinajstić information content (AvgIpc) is 3.28. The van der Waals surface area contributed by atoms with E-state index in [2.05, 4.69) is 12.0 Å². The molecular weight excluding hydrogens is 282 g/mol. The van der Waals surface area contributed by atoms with Crippen LogP contribution in [0.3, 0.4) is 0 Å². The van der Waals surface area contributed by atoms with Crippen molar-refractivity contribution in [3.05, 3.63) is 17.5 Å². The van der Waals surface area contributed by atoms with Crippen molar-refractivity contribution in [1.29, 1.82) is 0 Å². The third-order valence-corrected chi connectivity index (χ3v) is 4.57. The highest BCUT2D eigenvalue weighted by Crippen LogP contribution is 2.42. The van der Waals surface area contributed by atoms with Crippen LogP contribution in [-0.2, 0) is 11.3 Å². The molecule has 0 bridgehead atoms. The van der Waals surface area contributed by atoms with Crippen LogP contribution in [0.15, 0.2) is 6.20 Å². The van der Waals surface area contributed by atoms with Crippen molar-refractivity contribution < 1.29 is 14.7 Å². The van der Waals surface area contributed by atoms with Crippen LogP contribution in [0.25, 0.3) is 0 Å². The topological polar surface area (TPSA) is 75.4 Å². The second-order valence-electron chi connectivity index (χ2n) is 6.37. The lowest BCUT2D eigenvalue weighted by Crippen LogP contribution is -2.42. The van der Waals surface area contributed by atoms with Crippen molar-refractivity contribution in [2.45, 2.75) is 51.5 Å². The van der Waals surface area contributed by atoms with Crippen LogP contribution in [0, 0.1) is 5.92 Å². The highest BCUT2D eigenvalue weighted by atomic mass is 16.4. The number of piperidine rings is 1. The van der Waals surface area contributed by atoms with Crippen molar-refractivity contribution >= 4 is 11.9 Å². The van der Waals surface area contributed by atoms with Gasteiger partial charge in [-0.15, -0.1) is 0 Å². The molecule has 1 atom stereocenters. The molecule has 1 aliphatic carbocycles. The van der Waals surface area contributed by atoms with E-state index in [1.54, 1.807) is 11.1 Å². The Bertz CT molecular complexity index is 577. The van der Waals surface area contributed by atoms with Crippen molar-refractivity contribution in [2.75, 3.05) is 13.1 Å². The number of rotatable bonds is 5. The summed E-state index contributed by atoms with van der Waals surface area (Å²) in [6.45, 7) is 3.89. The molecule has 0 aromatic carbocycles. The zero-order valence-corrected chi connectivity index (χ0v) is 13.0. The summed E-state index contributed by atoms with van der Waals surface area (Å²) in [4.78, 5) is 25.7. The zero-order chi connectivity index (χ0) is 15.7. The van der Waals surface area contributed by atoms with Gasteiger partial charge >= 0.3 is 5.97 Å². The fourth-order valence-corrected chi connectivity index (χ4v) is 3.27. The normalized spacial score (nSPS) is 21.9. The number of aryl methyl sites for hydroxylation is 1. The van der Waals surface area contributed by atoms with Gasteiger partial charge in [-0.05, 0) is 32.1 Å². The lowest BCUT2D eigenvalue weighted by Gasteiger charge is -2.30. The van der Waals surface area contributed by atoms with Gasteiger partial charge in [-0.2, -0.15) is 5.10 Å². The summed E-state index contributed by atoms with van der Waals surface area (Å²) >= 11 is 0. The summed E-state index contributed by atoms with van der Waals surface area (Å²) in [6, 6.07) is 0. The van der Waals surface area contributed by atoms with E-state index in [1.165, 1.54) is 0 Å². The van der Waals surface area contributed by atoms with E-state index in [-0.39, 0.29) is 5.91 Å². The molecule has 3 rings (SSSR count). The summed E-state index contributed by atoms with van der Waals surface area (Å²) in [7, 11) is 0. The van der Waals surface area contributed by atoms with Crippen LogP contribution in [0.5, 0.6) is 0 Å². The summed E-state index contributed by atoms with van der Waals surface area (Å²) in [5.74, 6) is -0.836. The number of carbonyl (C=O) groups is 2. The summed E-state index contributed by atoms with van der Waals surface area (Å²) in [5, 5.41) is 13.6. The molecule has 1 N–H and O–H groups in total. The SMILES string of the molecule is CCCn1ncc(C(=O)N2CCCC(C(=O)O)C2)c1C1CC1. The molecule has 1 saturated carbocycles. The predicted octanol–water partition coefficient (Wildman–Crippen LogP) is 2.11. The predicted molar refractivity (Wildman–Crippen MR) is 80.8 cm³/mol. The van der Waals surface area contributed by atoms with E-state index < -0.39 is 11.9 Å². The maximum absolute atomic E-state index is 12.8. The smallest absolute Gasteiger partial charge is 0.308 e. The number of amides is 1. The maximum Gasteiger partial charge on any atom is 0.308 e. The van der Waals surface area contributed by atoms with Crippen LogP contribution < -0.4 is 0 Å². The number of aliphatic carboxylic acids is 1. The number of hydrogen-bond donors (Lipinski definition) is 1. The van der Waals surface area contributed by atoms with Gasteiger partial charge in [0.05, 0.1) is 23.4 Å². The lowest BCUT2D eigenvalue weighted by molar-refractivity contribution is -0.143. The Hall–Kier alpha value is -1.85. The molecule has 120 valence electrons. The minimum absolute atomic E-state index is 0.0461. The molecule has 1 amide bonds. The van der Waals surface area contributed by atoms with Gasteiger partial charge < -0.3 is 10.0 Å². The van der Waals surface area contributed by atoms with Gasteiger partial charge in [-0.25, -0.2) is 0 Å². The molecule has 22 heavy (non-hydrogen) atoms. The largest absolute Gasteiger partial charge is 0.481 e. The molecule has 1 aromatic heterocycles. The molecule has 1 aromatic rings. The average molecular weight is 305 g/mol. The fourth-order valence-electron chi connectivity index (χ4n) is 3.27. The van der Waals surface area contributed by atoms with E-state index >= 15 is 0 Å². The molecule has 2 aliphatic rings. The van der Waals surface area contributed by atoms with Gasteiger partial charge in [0.25, 0.3) is 5.91 Å². The molecule has 2 heterocycles. The van der Waals surface area contributed by atoms with E-state index in [9.17, 15) is 14.7 Å². The summed E-state index contributed by atoms with van der Waals surface area (Å²) in [6.07, 6.45) is 6.31. The van der Waals surface area contributed by atoms with Crippen LogP contribution in [0.1, 0.15) is 61.0 Å². The summed E-state index contributed by atoms with van der Waals surface area (Å²) in [5.41, 5.74) is 1.74. The maximum atomic E-state index is 12.8. The summed E-state index contributed by atoms with van der Waals surface area (Å²) < 4.78 is 1.96. The lowest BCUT2D eigenvalue weighted by atomic mass is 9.97.